The minimum absolute atomic E-state index is 0.198. The van der Waals surface area contributed by atoms with Crippen molar-refractivity contribution in [2.24, 2.45) is 17.3 Å². The van der Waals surface area contributed by atoms with Gasteiger partial charge in [-0.2, -0.15) is 0 Å². The highest BCUT2D eigenvalue weighted by molar-refractivity contribution is 6.54. The lowest BCUT2D eigenvalue weighted by Gasteiger charge is -2.39. The van der Waals surface area contributed by atoms with Crippen LogP contribution in [0.3, 0.4) is 0 Å². The molecule has 0 N–H and O–H groups in total. The van der Waals surface area contributed by atoms with Gasteiger partial charge >= 0.3 is 7.12 Å². The third-order valence-corrected chi connectivity index (χ3v) is 6.75. The van der Waals surface area contributed by atoms with E-state index in [1.54, 1.807) is 0 Å². The van der Waals surface area contributed by atoms with Gasteiger partial charge in [0.25, 0.3) is 0 Å². The number of allylic oxidation sites excluding steroid dienone is 2. The van der Waals surface area contributed by atoms with Crippen molar-refractivity contribution in [3.8, 4) is 0 Å². The summed E-state index contributed by atoms with van der Waals surface area (Å²) in [4.78, 5) is 0. The summed E-state index contributed by atoms with van der Waals surface area (Å²) < 4.78 is 18.7. The Kier molecular flexibility index (Phi) is 5.81. The Balaban J connectivity index is 2.18. The van der Waals surface area contributed by atoms with Crippen LogP contribution in [0.15, 0.2) is 11.5 Å². The van der Waals surface area contributed by atoms with Crippen LogP contribution >= 0.6 is 0 Å². The molecule has 0 aromatic heterocycles. The summed E-state index contributed by atoms with van der Waals surface area (Å²) in [5.41, 5.74) is 0.997. The highest BCUT2D eigenvalue weighted by Gasteiger charge is 2.54. The molecule has 24 heavy (non-hydrogen) atoms. The van der Waals surface area contributed by atoms with E-state index in [9.17, 15) is 0 Å². The standard InChI is InChI=1S/C19H37BO3Si/c1-17(2,3)15-12-14(13-21-24(8)9)10-11-16(15)20-22-18(4,5)19(6,7)23-20/h11,14-15,24H,10,12-13H2,1-9H3. The monoisotopic (exact) mass is 352 g/mol. The third kappa shape index (κ3) is 4.35. The van der Waals surface area contributed by atoms with Gasteiger partial charge in [0.15, 0.2) is 9.04 Å². The molecule has 1 aliphatic heterocycles. The zero-order chi connectivity index (χ0) is 18.3. The van der Waals surface area contributed by atoms with Crippen molar-refractivity contribution in [3.05, 3.63) is 11.5 Å². The van der Waals surface area contributed by atoms with E-state index in [1.807, 2.05) is 0 Å². The molecule has 2 atom stereocenters. The molecular formula is C19H37BO3Si. The summed E-state index contributed by atoms with van der Waals surface area (Å²) in [6.45, 7) is 20.9. The fraction of sp³-hybridized carbons (Fsp3) is 0.895. The molecule has 1 heterocycles. The maximum Gasteiger partial charge on any atom is 0.490 e. The third-order valence-electron chi connectivity index (χ3n) is 5.89. The zero-order valence-corrected chi connectivity index (χ0v) is 18.4. The van der Waals surface area contributed by atoms with E-state index in [-0.39, 0.29) is 23.7 Å². The van der Waals surface area contributed by atoms with Crippen molar-refractivity contribution in [2.75, 3.05) is 6.61 Å². The topological polar surface area (TPSA) is 27.7 Å². The Labute approximate surface area is 151 Å². The van der Waals surface area contributed by atoms with Crippen LogP contribution < -0.4 is 0 Å². The summed E-state index contributed by atoms with van der Waals surface area (Å²) in [6.07, 6.45) is 4.63. The molecule has 0 spiro atoms. The SMILES string of the molecule is C[SiH](C)OCC1CC=C(B2OC(C)(C)C(C)(C)O2)C(C(C)(C)C)C1. The van der Waals surface area contributed by atoms with E-state index in [4.69, 9.17) is 13.7 Å². The van der Waals surface area contributed by atoms with Gasteiger partial charge < -0.3 is 13.7 Å². The Morgan fingerprint density at radius 1 is 1.17 bits per heavy atom. The van der Waals surface area contributed by atoms with Crippen LogP contribution in [0.4, 0.5) is 0 Å². The first-order valence-electron chi connectivity index (χ1n) is 9.50. The van der Waals surface area contributed by atoms with Gasteiger partial charge in [0.2, 0.25) is 0 Å². The molecule has 0 aromatic rings. The van der Waals surface area contributed by atoms with Crippen LogP contribution in [-0.4, -0.2) is 34.0 Å². The predicted octanol–water partition coefficient (Wildman–Crippen LogP) is 4.62. The normalized spacial score (nSPS) is 29.9. The number of hydrogen-bond donors (Lipinski definition) is 0. The van der Waals surface area contributed by atoms with Gasteiger partial charge in [-0.3, -0.25) is 0 Å². The van der Waals surface area contributed by atoms with Crippen LogP contribution in [0, 0.1) is 17.3 Å². The molecule has 0 amide bonds. The minimum Gasteiger partial charge on any atom is -0.420 e. The molecule has 3 nitrogen and oxygen atoms in total. The quantitative estimate of drug-likeness (QED) is 0.691. The van der Waals surface area contributed by atoms with Crippen molar-refractivity contribution in [2.45, 2.75) is 85.6 Å². The molecule has 0 saturated carbocycles. The summed E-state index contributed by atoms with van der Waals surface area (Å²) in [5.74, 6) is 1.10. The Morgan fingerprint density at radius 3 is 2.17 bits per heavy atom. The van der Waals surface area contributed by atoms with Gasteiger partial charge in [0.05, 0.1) is 11.2 Å². The average molecular weight is 352 g/mol. The van der Waals surface area contributed by atoms with Crippen molar-refractivity contribution in [1.29, 1.82) is 0 Å². The van der Waals surface area contributed by atoms with E-state index in [1.165, 1.54) is 11.9 Å². The lowest BCUT2D eigenvalue weighted by Crippen LogP contribution is -2.41. The van der Waals surface area contributed by atoms with Crippen LogP contribution in [0.25, 0.3) is 0 Å². The second-order valence-corrected chi connectivity index (χ2v) is 12.4. The van der Waals surface area contributed by atoms with E-state index in [0.29, 0.717) is 11.8 Å². The molecule has 0 radical (unpaired) electrons. The van der Waals surface area contributed by atoms with Crippen molar-refractivity contribution in [3.63, 3.8) is 0 Å². The first-order valence-corrected chi connectivity index (χ1v) is 12.3. The van der Waals surface area contributed by atoms with Gasteiger partial charge in [0, 0.05) is 6.61 Å². The molecular weight excluding hydrogens is 315 g/mol. The van der Waals surface area contributed by atoms with E-state index in [0.717, 1.165) is 13.0 Å². The van der Waals surface area contributed by atoms with Gasteiger partial charge in [-0.25, -0.2) is 0 Å². The highest BCUT2D eigenvalue weighted by atomic mass is 28.3. The summed E-state index contributed by atoms with van der Waals surface area (Å²) in [7, 11) is -1.15. The molecule has 2 aliphatic rings. The van der Waals surface area contributed by atoms with Gasteiger partial charge in [-0.15, -0.1) is 0 Å². The Morgan fingerprint density at radius 2 is 1.71 bits per heavy atom. The smallest absolute Gasteiger partial charge is 0.420 e. The van der Waals surface area contributed by atoms with Gasteiger partial charge in [-0.1, -0.05) is 26.8 Å². The maximum atomic E-state index is 6.35. The maximum absolute atomic E-state index is 6.35. The highest BCUT2D eigenvalue weighted by Crippen LogP contribution is 2.47. The zero-order valence-electron chi connectivity index (χ0n) is 17.2. The lowest BCUT2D eigenvalue weighted by molar-refractivity contribution is 0.00578. The molecule has 1 aliphatic carbocycles. The van der Waals surface area contributed by atoms with Crippen LogP contribution in [0.2, 0.25) is 13.1 Å². The number of hydrogen-bond acceptors (Lipinski definition) is 3. The summed E-state index contributed by atoms with van der Waals surface area (Å²) in [6, 6.07) is 0. The molecule has 2 rings (SSSR count). The summed E-state index contributed by atoms with van der Waals surface area (Å²) in [5, 5.41) is 0. The molecule has 138 valence electrons. The van der Waals surface area contributed by atoms with E-state index >= 15 is 0 Å². The molecule has 2 unspecified atom stereocenters. The van der Waals surface area contributed by atoms with Crippen LogP contribution in [0.1, 0.15) is 61.3 Å². The van der Waals surface area contributed by atoms with Crippen LogP contribution in [0.5, 0.6) is 0 Å². The van der Waals surface area contributed by atoms with Crippen molar-refractivity contribution < 1.29 is 13.7 Å². The molecule has 5 heteroatoms. The fourth-order valence-corrected chi connectivity index (χ4v) is 4.23. The molecule has 0 aromatic carbocycles. The van der Waals surface area contributed by atoms with Gasteiger partial charge in [-0.05, 0) is 76.4 Å². The lowest BCUT2D eigenvalue weighted by atomic mass is 9.58. The second kappa shape index (κ2) is 6.90. The molecule has 0 bridgehead atoms. The average Bonchev–Trinajstić information content (AvgIpc) is 2.64. The van der Waals surface area contributed by atoms with E-state index in [2.05, 4.69) is 67.6 Å². The van der Waals surface area contributed by atoms with E-state index < -0.39 is 9.04 Å². The minimum atomic E-state index is -0.947. The second-order valence-electron chi connectivity index (χ2n) is 9.93. The first kappa shape index (κ1) is 20.2. The largest absolute Gasteiger partial charge is 0.490 e. The fourth-order valence-electron chi connectivity index (χ4n) is 3.57. The summed E-state index contributed by atoms with van der Waals surface area (Å²) >= 11 is 0. The predicted molar refractivity (Wildman–Crippen MR) is 105 cm³/mol. The molecule has 1 fully saturated rings. The van der Waals surface area contributed by atoms with Crippen LogP contribution in [-0.2, 0) is 13.7 Å². The molecule has 1 saturated heterocycles. The van der Waals surface area contributed by atoms with Crippen molar-refractivity contribution in [1.82, 2.24) is 0 Å². The Hall–Kier alpha value is -0.0982. The Bertz CT molecular complexity index is 463. The van der Waals surface area contributed by atoms with Gasteiger partial charge in [0.1, 0.15) is 0 Å². The van der Waals surface area contributed by atoms with Crippen molar-refractivity contribution >= 4 is 16.2 Å². The first-order chi connectivity index (χ1) is 10.8. The number of rotatable bonds is 4.